The van der Waals surface area contributed by atoms with Crippen molar-refractivity contribution in [1.82, 2.24) is 15.2 Å². The number of sulfonamides is 1. The van der Waals surface area contributed by atoms with E-state index in [0.29, 0.717) is 26.9 Å². The van der Waals surface area contributed by atoms with Crippen LogP contribution >= 0.6 is 22.7 Å². The first-order valence-corrected chi connectivity index (χ1v) is 11.2. The number of rotatable bonds is 6. The van der Waals surface area contributed by atoms with E-state index in [0.717, 1.165) is 16.7 Å². The number of para-hydroxylation sites is 1. The number of thiophene rings is 1. The highest BCUT2D eigenvalue weighted by Gasteiger charge is 2.24. The highest BCUT2D eigenvalue weighted by molar-refractivity contribution is 7.94. The summed E-state index contributed by atoms with van der Waals surface area (Å²) >= 11 is 2.35. The second kappa shape index (κ2) is 7.00. The van der Waals surface area contributed by atoms with E-state index in [1.807, 2.05) is 12.1 Å². The Kier molecular flexibility index (Phi) is 4.65. The van der Waals surface area contributed by atoms with E-state index < -0.39 is 16.0 Å². The number of H-pyrrole nitrogens is 1. The Labute approximate surface area is 168 Å². The molecule has 1 aromatic carbocycles. The molecule has 0 aliphatic carbocycles. The average molecular weight is 435 g/mol. The standard InChI is InChI=1S/C17H14N4O4S3/c1-21(28(24,25)15-6-3-7-26-15)12-5-2-4-10-8-11(18-16(10)12)17-20-19-13(27-17)9-14(22)23/h2-8,18H,9H2,1H3,(H,22,23). The second-order valence-corrected chi connectivity index (χ2v) is 10.1. The van der Waals surface area contributed by atoms with Crippen LogP contribution in [0.3, 0.4) is 0 Å². The first-order valence-electron chi connectivity index (χ1n) is 8.05. The Morgan fingerprint density at radius 3 is 2.79 bits per heavy atom. The number of nitrogens with zero attached hydrogens (tertiary/aromatic N) is 3. The molecule has 0 atom stereocenters. The smallest absolute Gasteiger partial charge is 0.310 e. The van der Waals surface area contributed by atoms with Gasteiger partial charge < -0.3 is 10.1 Å². The average Bonchev–Trinajstić information content (AvgIpc) is 3.39. The van der Waals surface area contributed by atoms with Gasteiger partial charge in [0.25, 0.3) is 10.0 Å². The molecule has 0 aliphatic rings. The fraction of sp³-hybridized carbons (Fsp3) is 0.118. The molecule has 11 heteroatoms. The summed E-state index contributed by atoms with van der Waals surface area (Å²) in [5.74, 6) is -0.970. The monoisotopic (exact) mass is 434 g/mol. The predicted molar refractivity (Wildman–Crippen MR) is 108 cm³/mol. The molecule has 0 saturated carbocycles. The number of hydrogen-bond donors (Lipinski definition) is 2. The van der Waals surface area contributed by atoms with E-state index in [2.05, 4.69) is 15.2 Å². The summed E-state index contributed by atoms with van der Waals surface area (Å²) in [4.78, 5) is 14.0. The number of carboxylic acids is 1. The molecule has 0 radical (unpaired) electrons. The molecule has 0 spiro atoms. The van der Waals surface area contributed by atoms with Gasteiger partial charge in [-0.2, -0.15) is 0 Å². The SMILES string of the molecule is CN(c1cccc2cc(-c3nnc(CC(=O)O)s3)[nH]c12)S(=O)(=O)c1cccs1. The van der Waals surface area contributed by atoms with Crippen molar-refractivity contribution in [1.29, 1.82) is 0 Å². The first kappa shape index (κ1) is 18.6. The molecule has 8 nitrogen and oxygen atoms in total. The highest BCUT2D eigenvalue weighted by Crippen LogP contribution is 2.34. The van der Waals surface area contributed by atoms with Crippen LogP contribution in [0.15, 0.2) is 46.0 Å². The van der Waals surface area contributed by atoms with Crippen molar-refractivity contribution in [3.63, 3.8) is 0 Å². The van der Waals surface area contributed by atoms with E-state index in [1.165, 1.54) is 22.7 Å². The van der Waals surface area contributed by atoms with Gasteiger partial charge in [-0.15, -0.1) is 21.5 Å². The molecule has 4 aromatic rings. The number of aromatic nitrogens is 3. The molecule has 3 aromatic heterocycles. The summed E-state index contributed by atoms with van der Waals surface area (Å²) in [5.41, 5.74) is 1.81. The lowest BCUT2D eigenvalue weighted by Crippen LogP contribution is -2.26. The summed E-state index contributed by atoms with van der Waals surface area (Å²) in [6, 6.07) is 10.5. The molecule has 0 bridgehead atoms. The molecular weight excluding hydrogens is 420 g/mol. The van der Waals surface area contributed by atoms with Crippen molar-refractivity contribution in [3.8, 4) is 10.7 Å². The van der Waals surface area contributed by atoms with Gasteiger partial charge in [0.05, 0.1) is 23.3 Å². The third-order valence-corrected chi connectivity index (χ3v) is 8.18. The van der Waals surface area contributed by atoms with Crippen LogP contribution in [0.1, 0.15) is 5.01 Å². The van der Waals surface area contributed by atoms with E-state index in [1.54, 1.807) is 29.6 Å². The van der Waals surface area contributed by atoms with Crippen molar-refractivity contribution in [2.24, 2.45) is 0 Å². The van der Waals surface area contributed by atoms with Gasteiger partial charge in [-0.25, -0.2) is 8.42 Å². The van der Waals surface area contributed by atoms with Crippen molar-refractivity contribution in [3.05, 3.63) is 46.8 Å². The van der Waals surface area contributed by atoms with Crippen LogP contribution in [-0.4, -0.2) is 41.7 Å². The van der Waals surface area contributed by atoms with Crippen molar-refractivity contribution in [2.45, 2.75) is 10.6 Å². The van der Waals surface area contributed by atoms with Crippen LogP contribution in [0.4, 0.5) is 5.69 Å². The van der Waals surface area contributed by atoms with E-state index in [4.69, 9.17) is 5.11 Å². The van der Waals surface area contributed by atoms with Crippen molar-refractivity contribution >= 4 is 55.3 Å². The number of nitrogens with one attached hydrogen (secondary N) is 1. The lowest BCUT2D eigenvalue weighted by molar-refractivity contribution is -0.136. The number of aliphatic carboxylic acids is 1. The Balaban J connectivity index is 1.75. The molecular formula is C17H14N4O4S3. The topological polar surface area (TPSA) is 116 Å². The normalized spacial score (nSPS) is 11.8. The van der Waals surface area contributed by atoms with Gasteiger partial charge in [0, 0.05) is 12.4 Å². The van der Waals surface area contributed by atoms with Crippen LogP contribution in [0, 0.1) is 0 Å². The Bertz CT molecular complexity index is 1260. The minimum atomic E-state index is -3.66. The number of anilines is 1. The highest BCUT2D eigenvalue weighted by atomic mass is 32.2. The fourth-order valence-corrected chi connectivity index (χ4v) is 5.93. The van der Waals surface area contributed by atoms with Crippen LogP contribution < -0.4 is 4.31 Å². The largest absolute Gasteiger partial charge is 0.481 e. The van der Waals surface area contributed by atoms with E-state index in [-0.39, 0.29) is 10.6 Å². The number of carboxylic acid groups (broad SMARTS) is 1. The Morgan fingerprint density at radius 1 is 1.25 bits per heavy atom. The maximum Gasteiger partial charge on any atom is 0.310 e. The first-order chi connectivity index (χ1) is 13.4. The molecule has 2 N–H and O–H groups in total. The predicted octanol–water partition coefficient (Wildman–Crippen LogP) is 3.20. The number of hydrogen-bond acceptors (Lipinski definition) is 7. The number of aromatic amines is 1. The second-order valence-electron chi connectivity index (χ2n) is 5.90. The van der Waals surface area contributed by atoms with Crippen LogP contribution in [-0.2, 0) is 21.2 Å². The zero-order chi connectivity index (χ0) is 19.9. The summed E-state index contributed by atoms with van der Waals surface area (Å²) in [6.45, 7) is 0. The fourth-order valence-electron chi connectivity index (χ4n) is 2.76. The molecule has 0 saturated heterocycles. The Hall–Kier alpha value is -2.76. The van der Waals surface area contributed by atoms with Crippen molar-refractivity contribution in [2.75, 3.05) is 11.4 Å². The minimum absolute atomic E-state index is 0.190. The molecule has 28 heavy (non-hydrogen) atoms. The number of benzene rings is 1. The van der Waals surface area contributed by atoms with E-state index >= 15 is 0 Å². The van der Waals surface area contributed by atoms with Gasteiger partial charge in [-0.05, 0) is 23.6 Å². The van der Waals surface area contributed by atoms with Gasteiger partial charge >= 0.3 is 5.97 Å². The van der Waals surface area contributed by atoms with Crippen LogP contribution in [0.5, 0.6) is 0 Å². The Morgan fingerprint density at radius 2 is 2.07 bits per heavy atom. The van der Waals surface area contributed by atoms with E-state index in [9.17, 15) is 13.2 Å². The molecule has 0 fully saturated rings. The minimum Gasteiger partial charge on any atom is -0.481 e. The van der Waals surface area contributed by atoms with Gasteiger partial charge in [0.2, 0.25) is 0 Å². The summed E-state index contributed by atoms with van der Waals surface area (Å²) in [6.07, 6.45) is -0.190. The number of fused-ring (bicyclic) bond motifs is 1. The third kappa shape index (κ3) is 3.28. The lowest BCUT2D eigenvalue weighted by Gasteiger charge is -2.19. The van der Waals surface area contributed by atoms with Gasteiger partial charge in [-0.1, -0.05) is 29.5 Å². The van der Waals surface area contributed by atoms with Crippen LogP contribution in [0.25, 0.3) is 21.6 Å². The lowest BCUT2D eigenvalue weighted by atomic mass is 10.2. The van der Waals surface area contributed by atoms with Gasteiger partial charge in [0.15, 0.2) is 5.01 Å². The zero-order valence-corrected chi connectivity index (χ0v) is 16.9. The molecule has 4 rings (SSSR count). The molecule has 0 amide bonds. The maximum absolute atomic E-state index is 12.9. The molecule has 0 unspecified atom stereocenters. The summed E-state index contributed by atoms with van der Waals surface area (Å²) in [7, 11) is -2.15. The molecule has 0 aliphatic heterocycles. The third-order valence-electron chi connectivity index (χ3n) is 4.08. The summed E-state index contributed by atoms with van der Waals surface area (Å²) in [5, 5.41) is 20.3. The molecule has 3 heterocycles. The number of carbonyl (C=O) groups is 1. The van der Waals surface area contributed by atoms with Crippen LogP contribution in [0.2, 0.25) is 0 Å². The quantitative estimate of drug-likeness (QED) is 0.481. The van der Waals surface area contributed by atoms with Gasteiger partial charge in [-0.3, -0.25) is 9.10 Å². The zero-order valence-electron chi connectivity index (χ0n) is 14.5. The maximum atomic E-state index is 12.9. The molecule has 144 valence electrons. The van der Waals surface area contributed by atoms with Gasteiger partial charge in [0.1, 0.15) is 9.22 Å². The van der Waals surface area contributed by atoms with Crippen molar-refractivity contribution < 1.29 is 18.3 Å². The summed E-state index contributed by atoms with van der Waals surface area (Å²) < 4.78 is 27.2.